The molecule has 82 valence electrons. The molecule has 0 aromatic heterocycles. The Bertz CT molecular complexity index is 196. The molecule has 0 aliphatic rings. The van der Waals surface area contributed by atoms with Crippen LogP contribution < -0.4 is 0 Å². The van der Waals surface area contributed by atoms with E-state index in [9.17, 15) is 9.18 Å². The minimum atomic E-state index is -0.734. The van der Waals surface area contributed by atoms with Gasteiger partial charge in [0.05, 0.1) is 0 Å². The molecule has 0 aliphatic heterocycles. The number of carbonyl (C=O) groups is 1. The molecule has 0 unspecified atom stereocenters. The van der Waals surface area contributed by atoms with Gasteiger partial charge in [0, 0.05) is 0 Å². The van der Waals surface area contributed by atoms with Gasteiger partial charge in [0.1, 0.15) is 25.0 Å². The summed E-state index contributed by atoms with van der Waals surface area (Å²) >= 11 is 0. The molecule has 0 heterocycles. The summed E-state index contributed by atoms with van der Waals surface area (Å²) in [6.07, 6.45) is 0.576. The molecule has 14 heavy (non-hydrogen) atoms. The van der Waals surface area contributed by atoms with E-state index in [-0.39, 0.29) is 6.61 Å². The van der Waals surface area contributed by atoms with Gasteiger partial charge in [0.2, 0.25) is 0 Å². The van der Waals surface area contributed by atoms with Gasteiger partial charge in [-0.15, -0.1) is 6.58 Å². The molecule has 1 atom stereocenters. The van der Waals surface area contributed by atoms with Crippen molar-refractivity contribution in [2.24, 2.45) is 0 Å². The molecular weight excluding hydrogens is 187 g/mol. The quantitative estimate of drug-likeness (QED) is 0.506. The third-order valence-corrected chi connectivity index (χ3v) is 1.25. The van der Waals surface area contributed by atoms with Crippen molar-refractivity contribution in [3.8, 4) is 0 Å². The summed E-state index contributed by atoms with van der Waals surface area (Å²) in [6.45, 7) is 7.69. The Hall–Kier alpha value is -0.900. The van der Waals surface area contributed by atoms with E-state index in [1.54, 1.807) is 20.8 Å². The predicted octanol–water partition coefficient (Wildman–Crippen LogP) is 1.87. The van der Waals surface area contributed by atoms with Crippen molar-refractivity contribution in [3.63, 3.8) is 0 Å². The predicted molar refractivity (Wildman–Crippen MR) is 51.8 cm³/mol. The average Bonchev–Trinajstić information content (AvgIpc) is 2.03. The van der Waals surface area contributed by atoms with Crippen molar-refractivity contribution in [1.29, 1.82) is 0 Å². The molecule has 0 saturated heterocycles. The molecule has 0 fully saturated rings. The zero-order valence-corrected chi connectivity index (χ0v) is 8.88. The average molecular weight is 204 g/mol. The molecule has 0 rings (SSSR count). The molecule has 0 aromatic carbocycles. The number of hydrogen-bond donors (Lipinski definition) is 0. The van der Waals surface area contributed by atoms with Crippen molar-refractivity contribution >= 4 is 5.97 Å². The Balaban J connectivity index is 3.79. The maximum Gasteiger partial charge on any atom is 0.332 e. The Morgan fingerprint density at radius 1 is 1.57 bits per heavy atom. The van der Waals surface area contributed by atoms with E-state index >= 15 is 0 Å². The monoisotopic (exact) mass is 204 g/mol. The van der Waals surface area contributed by atoms with Crippen LogP contribution in [0, 0.1) is 0 Å². The Morgan fingerprint density at radius 2 is 2.14 bits per heavy atom. The topological polar surface area (TPSA) is 35.5 Å². The molecule has 0 aromatic rings. The molecule has 0 aliphatic carbocycles. The van der Waals surface area contributed by atoms with Crippen LogP contribution in [0.2, 0.25) is 0 Å². The Kier molecular flexibility index (Phi) is 5.38. The van der Waals surface area contributed by atoms with Gasteiger partial charge < -0.3 is 9.47 Å². The summed E-state index contributed by atoms with van der Waals surface area (Å²) in [6, 6.07) is 0. The van der Waals surface area contributed by atoms with E-state index in [0.717, 1.165) is 0 Å². The van der Waals surface area contributed by atoms with E-state index in [2.05, 4.69) is 6.58 Å². The standard InChI is InChI=1S/C10H17FO3/c1-5-8(6-11)13-7-9(12)14-10(2,3)4/h5,8H,1,6-7H2,2-4H3/t8-/m0/s1. The van der Waals surface area contributed by atoms with Crippen molar-refractivity contribution in [1.82, 2.24) is 0 Å². The number of carbonyl (C=O) groups excluding carboxylic acids is 1. The first-order chi connectivity index (χ1) is 6.39. The zero-order valence-electron chi connectivity index (χ0n) is 8.88. The molecule has 0 N–H and O–H groups in total. The van der Waals surface area contributed by atoms with Gasteiger partial charge in [0.25, 0.3) is 0 Å². The first kappa shape index (κ1) is 13.1. The molecule has 0 bridgehead atoms. The summed E-state index contributed by atoms with van der Waals surface area (Å²) in [7, 11) is 0. The SMILES string of the molecule is C=C[C@@H](CF)OCC(=O)OC(C)(C)C. The third kappa shape index (κ3) is 6.60. The van der Waals surface area contributed by atoms with Crippen molar-refractivity contribution in [3.05, 3.63) is 12.7 Å². The maximum absolute atomic E-state index is 12.1. The van der Waals surface area contributed by atoms with Crippen LogP contribution >= 0.6 is 0 Å². The largest absolute Gasteiger partial charge is 0.458 e. The van der Waals surface area contributed by atoms with Crippen molar-refractivity contribution in [2.75, 3.05) is 13.3 Å². The summed E-state index contributed by atoms with van der Waals surface area (Å²) in [4.78, 5) is 11.1. The number of halogens is 1. The summed E-state index contributed by atoms with van der Waals surface area (Å²) in [5.74, 6) is -0.502. The lowest BCUT2D eigenvalue weighted by Crippen LogP contribution is -2.28. The van der Waals surface area contributed by atoms with Gasteiger partial charge in [-0.25, -0.2) is 9.18 Å². The minimum Gasteiger partial charge on any atom is -0.458 e. The number of ether oxygens (including phenoxy) is 2. The van der Waals surface area contributed by atoms with E-state index in [0.29, 0.717) is 0 Å². The highest BCUT2D eigenvalue weighted by molar-refractivity contribution is 5.71. The number of alkyl halides is 1. The normalized spacial score (nSPS) is 13.4. The third-order valence-electron chi connectivity index (χ3n) is 1.25. The summed E-state index contributed by atoms with van der Waals surface area (Å²) in [5, 5.41) is 0. The summed E-state index contributed by atoms with van der Waals surface area (Å²) < 4.78 is 21.9. The maximum atomic E-state index is 12.1. The molecule has 0 amide bonds. The van der Waals surface area contributed by atoms with E-state index in [1.807, 2.05) is 0 Å². The van der Waals surface area contributed by atoms with E-state index < -0.39 is 24.3 Å². The Labute approximate surface area is 83.9 Å². The van der Waals surface area contributed by atoms with Crippen LogP contribution in [0.1, 0.15) is 20.8 Å². The highest BCUT2D eigenvalue weighted by Crippen LogP contribution is 2.07. The van der Waals surface area contributed by atoms with Gasteiger partial charge >= 0.3 is 5.97 Å². The fourth-order valence-corrected chi connectivity index (χ4v) is 0.722. The lowest BCUT2D eigenvalue weighted by Gasteiger charge is -2.20. The van der Waals surface area contributed by atoms with Gasteiger partial charge in [-0.3, -0.25) is 0 Å². The van der Waals surface area contributed by atoms with Crippen LogP contribution in [-0.4, -0.2) is 31.0 Å². The van der Waals surface area contributed by atoms with Gasteiger partial charge in [-0.2, -0.15) is 0 Å². The first-order valence-corrected chi connectivity index (χ1v) is 4.41. The summed E-state index contributed by atoms with van der Waals surface area (Å²) in [5.41, 5.74) is -0.542. The number of esters is 1. The fourth-order valence-electron chi connectivity index (χ4n) is 0.722. The lowest BCUT2D eigenvalue weighted by atomic mass is 10.2. The van der Waals surface area contributed by atoms with Gasteiger partial charge in [0.15, 0.2) is 0 Å². The van der Waals surface area contributed by atoms with Crippen LogP contribution in [0.15, 0.2) is 12.7 Å². The lowest BCUT2D eigenvalue weighted by molar-refractivity contribution is -0.161. The van der Waals surface area contributed by atoms with Gasteiger partial charge in [-0.1, -0.05) is 6.08 Å². The second kappa shape index (κ2) is 5.75. The van der Waals surface area contributed by atoms with Crippen LogP contribution in [0.3, 0.4) is 0 Å². The second-order valence-electron chi connectivity index (χ2n) is 3.83. The van der Waals surface area contributed by atoms with E-state index in [4.69, 9.17) is 9.47 Å². The van der Waals surface area contributed by atoms with Crippen LogP contribution in [0.5, 0.6) is 0 Å². The first-order valence-electron chi connectivity index (χ1n) is 4.41. The van der Waals surface area contributed by atoms with Gasteiger partial charge in [-0.05, 0) is 20.8 Å². The van der Waals surface area contributed by atoms with Crippen LogP contribution in [-0.2, 0) is 14.3 Å². The highest BCUT2D eigenvalue weighted by atomic mass is 19.1. The number of hydrogen-bond acceptors (Lipinski definition) is 3. The molecule has 4 heteroatoms. The van der Waals surface area contributed by atoms with Crippen molar-refractivity contribution in [2.45, 2.75) is 32.5 Å². The molecule has 3 nitrogen and oxygen atoms in total. The highest BCUT2D eigenvalue weighted by Gasteiger charge is 2.17. The fraction of sp³-hybridized carbons (Fsp3) is 0.700. The van der Waals surface area contributed by atoms with Crippen LogP contribution in [0.4, 0.5) is 4.39 Å². The number of rotatable bonds is 5. The second-order valence-corrected chi connectivity index (χ2v) is 3.83. The van der Waals surface area contributed by atoms with Crippen molar-refractivity contribution < 1.29 is 18.7 Å². The van der Waals surface area contributed by atoms with E-state index in [1.165, 1.54) is 6.08 Å². The smallest absolute Gasteiger partial charge is 0.332 e. The molecular formula is C10H17FO3. The zero-order chi connectivity index (χ0) is 11.2. The molecule has 0 radical (unpaired) electrons. The Morgan fingerprint density at radius 3 is 2.50 bits per heavy atom. The molecule has 0 saturated carbocycles. The van der Waals surface area contributed by atoms with Crippen LogP contribution in [0.25, 0.3) is 0 Å². The minimum absolute atomic E-state index is 0.252. The molecule has 0 spiro atoms.